The third-order valence-electron chi connectivity index (χ3n) is 2.61. The first kappa shape index (κ1) is 14.7. The van der Waals surface area contributed by atoms with Crippen molar-refractivity contribution in [3.8, 4) is 0 Å². The van der Waals surface area contributed by atoms with Crippen molar-refractivity contribution in [2.24, 2.45) is 0 Å². The predicted molar refractivity (Wildman–Crippen MR) is 71.6 cm³/mol. The molecule has 1 atom stereocenters. The largest absolute Gasteiger partial charge is 0.481 e. The highest BCUT2D eigenvalue weighted by Crippen LogP contribution is 2.22. The van der Waals surface area contributed by atoms with E-state index in [1.165, 1.54) is 11.3 Å². The number of aliphatic carboxylic acids is 1. The van der Waals surface area contributed by atoms with Gasteiger partial charge in [-0.25, -0.2) is 0 Å². The van der Waals surface area contributed by atoms with Crippen LogP contribution in [0.4, 0.5) is 0 Å². The van der Waals surface area contributed by atoms with E-state index in [1.54, 1.807) is 0 Å². The number of carbonyl (C=O) groups is 2. The third kappa shape index (κ3) is 5.31. The lowest BCUT2D eigenvalue weighted by Gasteiger charge is -2.15. The van der Waals surface area contributed by atoms with Crippen LogP contribution in [0.2, 0.25) is 0 Å². The Hall–Kier alpha value is -1.36. The van der Waals surface area contributed by atoms with Crippen molar-refractivity contribution in [3.05, 3.63) is 22.4 Å². The fraction of sp³-hybridized carbons (Fsp3) is 0.538. The van der Waals surface area contributed by atoms with Crippen molar-refractivity contribution < 1.29 is 14.7 Å². The van der Waals surface area contributed by atoms with Crippen LogP contribution in [0.5, 0.6) is 0 Å². The van der Waals surface area contributed by atoms with Gasteiger partial charge in [-0.15, -0.1) is 11.3 Å². The number of nitrogens with one attached hydrogen (secondary N) is 1. The van der Waals surface area contributed by atoms with Crippen LogP contribution in [0.1, 0.15) is 49.9 Å². The SMILES string of the molecule is CCCCCC(=O)N[C@@H](CC(=O)O)c1cccs1. The summed E-state index contributed by atoms with van der Waals surface area (Å²) >= 11 is 1.47. The van der Waals surface area contributed by atoms with Crippen LogP contribution in [-0.4, -0.2) is 17.0 Å². The normalized spacial score (nSPS) is 12.1. The van der Waals surface area contributed by atoms with Crippen molar-refractivity contribution in [2.75, 3.05) is 0 Å². The second-order valence-corrected chi connectivity index (χ2v) is 5.17. The summed E-state index contributed by atoms with van der Waals surface area (Å²) in [5.41, 5.74) is 0. The highest BCUT2D eigenvalue weighted by atomic mass is 32.1. The maximum atomic E-state index is 11.7. The first-order chi connectivity index (χ1) is 8.63. The van der Waals surface area contributed by atoms with Gasteiger partial charge in [-0.3, -0.25) is 9.59 Å². The Balaban J connectivity index is 2.51. The van der Waals surface area contributed by atoms with Crippen molar-refractivity contribution in [1.82, 2.24) is 5.32 Å². The second kappa shape index (κ2) is 7.87. The molecule has 1 aromatic heterocycles. The van der Waals surface area contributed by atoms with Gasteiger partial charge in [-0.2, -0.15) is 0 Å². The molecule has 2 N–H and O–H groups in total. The lowest BCUT2D eigenvalue weighted by atomic mass is 10.1. The van der Waals surface area contributed by atoms with Gasteiger partial charge < -0.3 is 10.4 Å². The Bertz CT molecular complexity index is 376. The van der Waals surface area contributed by atoms with Crippen LogP contribution in [-0.2, 0) is 9.59 Å². The van der Waals surface area contributed by atoms with Crippen LogP contribution in [0.25, 0.3) is 0 Å². The number of hydrogen-bond acceptors (Lipinski definition) is 3. The molecule has 1 rings (SSSR count). The molecule has 5 heteroatoms. The maximum Gasteiger partial charge on any atom is 0.305 e. The molecule has 0 spiro atoms. The van der Waals surface area contributed by atoms with E-state index < -0.39 is 12.0 Å². The molecule has 4 nitrogen and oxygen atoms in total. The zero-order chi connectivity index (χ0) is 13.4. The molecule has 0 radical (unpaired) electrons. The molecule has 0 unspecified atom stereocenters. The van der Waals surface area contributed by atoms with Crippen LogP contribution < -0.4 is 5.32 Å². The standard InChI is InChI=1S/C13H19NO3S/c1-2-3-4-7-12(15)14-10(9-13(16)17)11-6-5-8-18-11/h5-6,8,10H,2-4,7,9H2,1H3,(H,14,15)(H,16,17)/t10-/m0/s1. The Labute approximate surface area is 111 Å². The summed E-state index contributed by atoms with van der Waals surface area (Å²) in [5.74, 6) is -0.967. The van der Waals surface area contributed by atoms with Crippen molar-refractivity contribution in [1.29, 1.82) is 0 Å². The van der Waals surface area contributed by atoms with E-state index in [0.29, 0.717) is 6.42 Å². The molecular weight excluding hydrogens is 250 g/mol. The molecule has 0 saturated carbocycles. The van der Waals surface area contributed by atoms with Gasteiger partial charge in [0.1, 0.15) is 0 Å². The molecule has 1 heterocycles. The van der Waals surface area contributed by atoms with Crippen LogP contribution in [0, 0.1) is 0 Å². The molecule has 0 bridgehead atoms. The molecule has 0 aliphatic heterocycles. The molecule has 0 aromatic carbocycles. The first-order valence-corrected chi connectivity index (χ1v) is 7.06. The number of unbranched alkanes of at least 4 members (excludes halogenated alkanes) is 2. The highest BCUT2D eigenvalue weighted by Gasteiger charge is 2.18. The van der Waals surface area contributed by atoms with E-state index >= 15 is 0 Å². The average Bonchev–Trinajstić information content (AvgIpc) is 2.81. The van der Waals surface area contributed by atoms with Crippen LogP contribution in [0.3, 0.4) is 0 Å². The van der Waals surface area contributed by atoms with E-state index in [4.69, 9.17) is 5.11 Å². The van der Waals surface area contributed by atoms with Gasteiger partial charge in [0, 0.05) is 11.3 Å². The van der Waals surface area contributed by atoms with Gasteiger partial charge in [0.15, 0.2) is 0 Å². The number of thiophene rings is 1. The fourth-order valence-electron chi connectivity index (χ4n) is 1.69. The van der Waals surface area contributed by atoms with E-state index in [1.807, 2.05) is 17.5 Å². The number of carbonyl (C=O) groups excluding carboxylic acids is 1. The topological polar surface area (TPSA) is 66.4 Å². The lowest BCUT2D eigenvalue weighted by molar-refractivity contribution is -0.137. The predicted octanol–water partition coefficient (Wildman–Crippen LogP) is 2.96. The fourth-order valence-corrected chi connectivity index (χ4v) is 2.47. The molecule has 1 aromatic rings. The highest BCUT2D eigenvalue weighted by molar-refractivity contribution is 7.10. The van der Waals surface area contributed by atoms with Gasteiger partial charge >= 0.3 is 5.97 Å². The summed E-state index contributed by atoms with van der Waals surface area (Å²) in [7, 11) is 0. The summed E-state index contributed by atoms with van der Waals surface area (Å²) in [6, 6.07) is 3.31. The molecule has 18 heavy (non-hydrogen) atoms. The van der Waals surface area contributed by atoms with E-state index in [9.17, 15) is 9.59 Å². The minimum absolute atomic E-state index is 0.0666. The Kier molecular flexibility index (Phi) is 6.43. The first-order valence-electron chi connectivity index (χ1n) is 6.18. The molecule has 100 valence electrons. The van der Waals surface area contributed by atoms with Gasteiger partial charge in [0.2, 0.25) is 5.91 Å². The minimum atomic E-state index is -0.901. The quantitative estimate of drug-likeness (QED) is 0.713. The summed E-state index contributed by atoms with van der Waals surface area (Å²) in [6.07, 6.45) is 3.34. The molecule has 0 aliphatic rings. The minimum Gasteiger partial charge on any atom is -0.481 e. The second-order valence-electron chi connectivity index (χ2n) is 4.19. The molecule has 0 saturated heterocycles. The van der Waals surface area contributed by atoms with E-state index in [-0.39, 0.29) is 12.3 Å². The lowest BCUT2D eigenvalue weighted by Crippen LogP contribution is -2.29. The number of rotatable bonds is 8. The number of amides is 1. The summed E-state index contributed by atoms with van der Waals surface area (Å²) < 4.78 is 0. The summed E-state index contributed by atoms with van der Waals surface area (Å²) in [5, 5.41) is 13.5. The monoisotopic (exact) mass is 269 g/mol. The summed E-state index contributed by atoms with van der Waals surface area (Å²) in [6.45, 7) is 2.08. The zero-order valence-corrected chi connectivity index (χ0v) is 11.3. The number of hydrogen-bond donors (Lipinski definition) is 2. The third-order valence-corrected chi connectivity index (χ3v) is 3.59. The van der Waals surface area contributed by atoms with Gasteiger partial charge in [0.25, 0.3) is 0 Å². The van der Waals surface area contributed by atoms with Gasteiger partial charge in [-0.1, -0.05) is 25.8 Å². The maximum absolute atomic E-state index is 11.7. The van der Waals surface area contributed by atoms with Crippen molar-refractivity contribution >= 4 is 23.2 Å². The Morgan fingerprint density at radius 3 is 2.78 bits per heavy atom. The van der Waals surface area contributed by atoms with Gasteiger partial charge in [0.05, 0.1) is 12.5 Å². The summed E-state index contributed by atoms with van der Waals surface area (Å²) in [4.78, 5) is 23.4. The molecule has 0 fully saturated rings. The van der Waals surface area contributed by atoms with Gasteiger partial charge in [-0.05, 0) is 17.9 Å². The Morgan fingerprint density at radius 1 is 1.44 bits per heavy atom. The zero-order valence-electron chi connectivity index (χ0n) is 10.5. The molecule has 0 aliphatic carbocycles. The smallest absolute Gasteiger partial charge is 0.305 e. The molecule has 1 amide bonds. The van der Waals surface area contributed by atoms with Crippen molar-refractivity contribution in [2.45, 2.75) is 45.1 Å². The molecular formula is C13H19NO3S. The van der Waals surface area contributed by atoms with Crippen molar-refractivity contribution in [3.63, 3.8) is 0 Å². The van der Waals surface area contributed by atoms with Crippen LogP contribution >= 0.6 is 11.3 Å². The number of carboxylic acids is 1. The van der Waals surface area contributed by atoms with Crippen LogP contribution in [0.15, 0.2) is 17.5 Å². The average molecular weight is 269 g/mol. The van der Waals surface area contributed by atoms with E-state index in [0.717, 1.165) is 24.1 Å². The van der Waals surface area contributed by atoms with E-state index in [2.05, 4.69) is 12.2 Å². The number of carboxylic acid groups (broad SMARTS) is 1. The Morgan fingerprint density at radius 2 is 2.22 bits per heavy atom.